The van der Waals surface area contributed by atoms with Crippen molar-refractivity contribution in [2.24, 2.45) is 29.6 Å². The molecule has 0 aromatic heterocycles. The molecule has 0 saturated carbocycles. The summed E-state index contributed by atoms with van der Waals surface area (Å²) in [5, 5.41) is 0. The largest absolute Gasteiger partial charge is 0.0628 e. The van der Waals surface area contributed by atoms with Crippen LogP contribution in [0, 0.1) is 29.6 Å². The molecule has 23 heavy (non-hydrogen) atoms. The summed E-state index contributed by atoms with van der Waals surface area (Å²) in [7, 11) is 0. The van der Waals surface area contributed by atoms with Gasteiger partial charge in [0.2, 0.25) is 0 Å². The van der Waals surface area contributed by atoms with Gasteiger partial charge < -0.3 is 0 Å². The Balaban J connectivity index is 0.000000284. The summed E-state index contributed by atoms with van der Waals surface area (Å²) < 4.78 is 0. The van der Waals surface area contributed by atoms with E-state index in [0.29, 0.717) is 0 Å². The van der Waals surface area contributed by atoms with Crippen molar-refractivity contribution in [2.45, 2.75) is 80.6 Å². The minimum atomic E-state index is 0.765. The molecule has 2 atom stereocenters. The molecule has 0 heterocycles. The van der Waals surface area contributed by atoms with Crippen molar-refractivity contribution >= 4 is 0 Å². The van der Waals surface area contributed by atoms with Crippen LogP contribution in [0.3, 0.4) is 0 Å². The van der Waals surface area contributed by atoms with Crippen molar-refractivity contribution in [1.29, 1.82) is 0 Å². The highest BCUT2D eigenvalue weighted by Gasteiger charge is 2.35. The van der Waals surface area contributed by atoms with Crippen LogP contribution in [0.25, 0.3) is 0 Å². The van der Waals surface area contributed by atoms with Gasteiger partial charge in [-0.1, -0.05) is 92.5 Å². The third-order valence-electron chi connectivity index (χ3n) is 5.23. The monoisotopic (exact) mass is 316 g/mol. The Morgan fingerprint density at radius 1 is 0.783 bits per heavy atom. The summed E-state index contributed by atoms with van der Waals surface area (Å²) in [6.45, 7) is 18.6. The fourth-order valence-corrected chi connectivity index (χ4v) is 3.83. The summed E-state index contributed by atoms with van der Waals surface area (Å²) in [6.07, 6.45) is 4.06. The number of hydrogen-bond donors (Lipinski definition) is 0. The second-order valence-electron chi connectivity index (χ2n) is 8.95. The minimum absolute atomic E-state index is 0.765. The second kappa shape index (κ2) is 9.50. The number of hydrogen-bond acceptors (Lipinski definition) is 0. The lowest BCUT2D eigenvalue weighted by molar-refractivity contribution is 0.289. The molecule has 0 aliphatic heterocycles. The van der Waals surface area contributed by atoms with E-state index in [-0.39, 0.29) is 0 Å². The number of benzene rings is 1. The van der Waals surface area contributed by atoms with E-state index in [9.17, 15) is 0 Å². The van der Waals surface area contributed by atoms with Crippen molar-refractivity contribution in [2.75, 3.05) is 0 Å². The fraction of sp³-hybridized carbons (Fsp3) is 0.739. The molecule has 0 radical (unpaired) electrons. The zero-order chi connectivity index (χ0) is 17.6. The maximum Gasteiger partial charge on any atom is -0.0102 e. The molecule has 132 valence electrons. The molecule has 0 N–H and O–H groups in total. The van der Waals surface area contributed by atoms with Crippen LogP contribution < -0.4 is 0 Å². The highest BCUT2D eigenvalue weighted by Crippen LogP contribution is 2.45. The Morgan fingerprint density at radius 3 is 1.74 bits per heavy atom. The van der Waals surface area contributed by atoms with E-state index in [0.717, 1.165) is 35.5 Å². The molecular weight excluding hydrogens is 276 g/mol. The minimum Gasteiger partial charge on any atom is -0.0628 e. The lowest BCUT2D eigenvalue weighted by Crippen LogP contribution is -2.18. The molecule has 2 rings (SSSR count). The average Bonchev–Trinajstić information content (AvgIpc) is 2.85. The van der Waals surface area contributed by atoms with Crippen LogP contribution in [0.15, 0.2) is 24.3 Å². The maximum absolute atomic E-state index is 2.37. The Hall–Kier alpha value is -0.780. The molecule has 1 aromatic carbocycles. The molecule has 0 nitrogen and oxygen atoms in total. The summed E-state index contributed by atoms with van der Waals surface area (Å²) in [5.74, 6) is 4.96. The molecule has 0 fully saturated rings. The van der Waals surface area contributed by atoms with E-state index in [1.165, 1.54) is 19.3 Å². The summed E-state index contributed by atoms with van der Waals surface area (Å²) in [5.41, 5.74) is 3.21. The molecule has 1 aromatic rings. The van der Waals surface area contributed by atoms with Gasteiger partial charge >= 0.3 is 0 Å². The molecule has 1 aliphatic carbocycles. The third-order valence-corrected chi connectivity index (χ3v) is 5.23. The Morgan fingerprint density at radius 2 is 1.30 bits per heavy atom. The van der Waals surface area contributed by atoms with E-state index in [4.69, 9.17) is 0 Å². The van der Waals surface area contributed by atoms with Gasteiger partial charge in [-0.25, -0.2) is 0 Å². The van der Waals surface area contributed by atoms with Gasteiger partial charge in [0.25, 0.3) is 0 Å². The topological polar surface area (TPSA) is 0 Å². The van der Waals surface area contributed by atoms with Crippen molar-refractivity contribution in [3.8, 4) is 0 Å². The van der Waals surface area contributed by atoms with Gasteiger partial charge in [-0.15, -0.1) is 0 Å². The Labute approximate surface area is 146 Å². The van der Waals surface area contributed by atoms with E-state index >= 15 is 0 Å². The van der Waals surface area contributed by atoms with Crippen LogP contribution in [0.4, 0.5) is 0 Å². The molecule has 0 heteroatoms. The van der Waals surface area contributed by atoms with Crippen LogP contribution in [-0.2, 0) is 6.42 Å². The molecule has 0 saturated heterocycles. The van der Waals surface area contributed by atoms with Crippen LogP contribution in [0.1, 0.15) is 85.3 Å². The first-order valence-electron chi connectivity index (χ1n) is 9.81. The summed E-state index contributed by atoms with van der Waals surface area (Å²) >= 11 is 0. The molecular formula is C23H40. The average molecular weight is 317 g/mol. The quantitative estimate of drug-likeness (QED) is 0.533. The first-order chi connectivity index (χ1) is 10.7. The predicted octanol–water partition coefficient (Wildman–Crippen LogP) is 7.33. The third kappa shape index (κ3) is 6.32. The van der Waals surface area contributed by atoms with Crippen LogP contribution in [0.5, 0.6) is 0 Å². The van der Waals surface area contributed by atoms with Gasteiger partial charge in [0.15, 0.2) is 0 Å². The molecule has 0 amide bonds. The number of rotatable bonds is 5. The normalized spacial score (nSPS) is 20.2. The van der Waals surface area contributed by atoms with Crippen molar-refractivity contribution < 1.29 is 0 Å². The van der Waals surface area contributed by atoms with Gasteiger partial charge in [0, 0.05) is 0 Å². The Bertz CT molecular complexity index is 431. The lowest BCUT2D eigenvalue weighted by atomic mass is 9.78. The zero-order valence-electron chi connectivity index (χ0n) is 16.9. The Kier molecular flexibility index (Phi) is 8.37. The fourth-order valence-electron chi connectivity index (χ4n) is 3.83. The van der Waals surface area contributed by atoms with Crippen molar-refractivity contribution in [3.05, 3.63) is 35.4 Å². The summed E-state index contributed by atoms with van der Waals surface area (Å²) in [6, 6.07) is 9.02. The van der Waals surface area contributed by atoms with Gasteiger partial charge in [0.1, 0.15) is 0 Å². The SMILES string of the molecule is CC(C)C1Cc2ccccc2C1C(C)C.CC(C)CCC(C)C. The van der Waals surface area contributed by atoms with Crippen LogP contribution >= 0.6 is 0 Å². The second-order valence-corrected chi connectivity index (χ2v) is 8.95. The number of fused-ring (bicyclic) bond motifs is 1. The first-order valence-corrected chi connectivity index (χ1v) is 9.81. The van der Waals surface area contributed by atoms with Crippen molar-refractivity contribution in [1.82, 2.24) is 0 Å². The summed E-state index contributed by atoms with van der Waals surface area (Å²) in [4.78, 5) is 0. The first kappa shape index (κ1) is 20.3. The molecule has 1 aliphatic rings. The standard InChI is InChI=1S/C15H22.C8H18/c1-10(2)14-9-12-7-5-6-8-13(12)15(14)11(3)4;1-7(2)5-6-8(3)4/h5-8,10-11,14-15H,9H2,1-4H3;7-8H,5-6H2,1-4H3. The van der Waals surface area contributed by atoms with E-state index < -0.39 is 0 Å². The van der Waals surface area contributed by atoms with Crippen molar-refractivity contribution in [3.63, 3.8) is 0 Å². The lowest BCUT2D eigenvalue weighted by Gasteiger charge is -2.27. The van der Waals surface area contributed by atoms with Gasteiger partial charge in [-0.2, -0.15) is 0 Å². The highest BCUT2D eigenvalue weighted by molar-refractivity contribution is 5.36. The highest BCUT2D eigenvalue weighted by atomic mass is 14.4. The van der Waals surface area contributed by atoms with Gasteiger partial charge in [-0.05, 0) is 53.1 Å². The zero-order valence-corrected chi connectivity index (χ0v) is 16.9. The molecule has 0 bridgehead atoms. The van der Waals surface area contributed by atoms with E-state index in [1.807, 2.05) is 0 Å². The smallest absolute Gasteiger partial charge is 0.0102 e. The van der Waals surface area contributed by atoms with E-state index in [1.54, 1.807) is 11.1 Å². The maximum atomic E-state index is 2.37. The molecule has 2 unspecified atom stereocenters. The van der Waals surface area contributed by atoms with Gasteiger partial charge in [0.05, 0.1) is 0 Å². The predicted molar refractivity (Wildman–Crippen MR) is 105 cm³/mol. The van der Waals surface area contributed by atoms with Gasteiger partial charge in [-0.3, -0.25) is 0 Å². The molecule has 0 spiro atoms. The van der Waals surface area contributed by atoms with Crippen LogP contribution in [-0.4, -0.2) is 0 Å². The van der Waals surface area contributed by atoms with E-state index in [2.05, 4.69) is 79.7 Å². The van der Waals surface area contributed by atoms with Crippen LogP contribution in [0.2, 0.25) is 0 Å².